The van der Waals surface area contributed by atoms with Crippen LogP contribution in [-0.4, -0.2) is 24.8 Å². The Morgan fingerprint density at radius 1 is 1.21 bits per heavy atom. The van der Waals surface area contributed by atoms with Crippen molar-refractivity contribution < 1.29 is 4.74 Å². The van der Waals surface area contributed by atoms with Gasteiger partial charge in [0.2, 0.25) is 0 Å². The Morgan fingerprint density at radius 2 is 2.00 bits per heavy atom. The fourth-order valence-corrected chi connectivity index (χ4v) is 4.37. The van der Waals surface area contributed by atoms with E-state index < -0.39 is 0 Å². The van der Waals surface area contributed by atoms with Gasteiger partial charge in [0, 0.05) is 12.6 Å². The standard InChI is InChI=1S/C17H33NO/c1-5-9-18-16(17(3,4)19-6-2)12-15-11-13-7-8-14(15)10-13/h13-16,18H,5-12H2,1-4H3. The normalized spacial score (nSPS) is 31.9. The van der Waals surface area contributed by atoms with Gasteiger partial charge in [0.1, 0.15) is 0 Å². The van der Waals surface area contributed by atoms with E-state index in [1.54, 1.807) is 0 Å². The van der Waals surface area contributed by atoms with E-state index in [9.17, 15) is 0 Å². The van der Waals surface area contributed by atoms with Gasteiger partial charge in [-0.2, -0.15) is 0 Å². The molecule has 0 saturated heterocycles. The molecular weight excluding hydrogens is 234 g/mol. The zero-order valence-corrected chi connectivity index (χ0v) is 13.4. The van der Waals surface area contributed by atoms with Gasteiger partial charge in [-0.1, -0.05) is 13.3 Å². The Hall–Kier alpha value is -0.0800. The SMILES string of the molecule is CCCNC(CC1CC2CCC1C2)C(C)(C)OCC. The molecule has 0 amide bonds. The average molecular weight is 267 g/mol. The summed E-state index contributed by atoms with van der Waals surface area (Å²) in [5, 5.41) is 3.76. The summed E-state index contributed by atoms with van der Waals surface area (Å²) < 4.78 is 6.02. The average Bonchev–Trinajstić information content (AvgIpc) is 2.96. The smallest absolute Gasteiger partial charge is 0.0778 e. The van der Waals surface area contributed by atoms with Gasteiger partial charge in [-0.15, -0.1) is 0 Å². The molecule has 2 fully saturated rings. The Morgan fingerprint density at radius 3 is 2.53 bits per heavy atom. The first-order valence-corrected chi connectivity index (χ1v) is 8.44. The molecule has 2 saturated carbocycles. The first-order valence-electron chi connectivity index (χ1n) is 8.44. The molecule has 0 heterocycles. The molecule has 0 aromatic heterocycles. The van der Waals surface area contributed by atoms with Crippen molar-refractivity contribution in [2.45, 2.75) is 77.9 Å². The topological polar surface area (TPSA) is 21.3 Å². The van der Waals surface area contributed by atoms with Crippen molar-refractivity contribution in [3.8, 4) is 0 Å². The van der Waals surface area contributed by atoms with E-state index in [0.29, 0.717) is 6.04 Å². The van der Waals surface area contributed by atoms with Crippen LogP contribution in [0, 0.1) is 17.8 Å². The second kappa shape index (κ2) is 6.58. The lowest BCUT2D eigenvalue weighted by Gasteiger charge is -2.38. The van der Waals surface area contributed by atoms with Crippen LogP contribution in [0.2, 0.25) is 0 Å². The van der Waals surface area contributed by atoms with Crippen molar-refractivity contribution in [2.24, 2.45) is 17.8 Å². The quantitative estimate of drug-likeness (QED) is 0.718. The molecule has 2 rings (SSSR count). The molecule has 2 bridgehead atoms. The molecule has 2 aliphatic carbocycles. The third-order valence-corrected chi connectivity index (χ3v) is 5.42. The van der Waals surface area contributed by atoms with Crippen molar-refractivity contribution in [1.29, 1.82) is 0 Å². The van der Waals surface area contributed by atoms with Gasteiger partial charge in [0.05, 0.1) is 5.60 Å². The van der Waals surface area contributed by atoms with Crippen LogP contribution >= 0.6 is 0 Å². The zero-order chi connectivity index (χ0) is 13.9. The highest BCUT2D eigenvalue weighted by Gasteiger charge is 2.42. The summed E-state index contributed by atoms with van der Waals surface area (Å²) in [6.45, 7) is 10.8. The molecule has 0 radical (unpaired) electrons. The fraction of sp³-hybridized carbons (Fsp3) is 1.00. The van der Waals surface area contributed by atoms with E-state index >= 15 is 0 Å². The monoisotopic (exact) mass is 267 g/mol. The maximum atomic E-state index is 6.02. The molecule has 0 aliphatic heterocycles. The Kier molecular flexibility index (Phi) is 5.30. The molecular formula is C17H33NO. The van der Waals surface area contributed by atoms with E-state index in [1.165, 1.54) is 38.5 Å². The highest BCUT2D eigenvalue weighted by Crippen LogP contribution is 2.50. The minimum absolute atomic E-state index is 0.0360. The summed E-state index contributed by atoms with van der Waals surface area (Å²) in [7, 11) is 0. The van der Waals surface area contributed by atoms with Gasteiger partial charge in [-0.3, -0.25) is 0 Å². The van der Waals surface area contributed by atoms with Gasteiger partial charge in [0.15, 0.2) is 0 Å². The van der Waals surface area contributed by atoms with Crippen molar-refractivity contribution in [3.05, 3.63) is 0 Å². The summed E-state index contributed by atoms with van der Waals surface area (Å²) in [5.41, 5.74) is -0.0360. The predicted molar refractivity (Wildman–Crippen MR) is 81.3 cm³/mol. The van der Waals surface area contributed by atoms with Crippen LogP contribution in [0.5, 0.6) is 0 Å². The molecule has 1 N–H and O–H groups in total. The van der Waals surface area contributed by atoms with Crippen molar-refractivity contribution >= 4 is 0 Å². The van der Waals surface area contributed by atoms with Crippen LogP contribution in [0.25, 0.3) is 0 Å². The van der Waals surface area contributed by atoms with Crippen LogP contribution in [0.1, 0.15) is 66.2 Å². The second-order valence-electron chi connectivity index (χ2n) is 7.21. The lowest BCUT2D eigenvalue weighted by atomic mass is 9.80. The first kappa shape index (κ1) is 15.3. The van der Waals surface area contributed by atoms with E-state index in [0.717, 1.165) is 30.9 Å². The maximum absolute atomic E-state index is 6.02. The van der Waals surface area contributed by atoms with E-state index in [-0.39, 0.29) is 5.60 Å². The fourth-order valence-electron chi connectivity index (χ4n) is 4.37. The molecule has 2 aliphatic rings. The highest BCUT2D eigenvalue weighted by molar-refractivity contribution is 4.95. The molecule has 4 unspecified atom stereocenters. The highest BCUT2D eigenvalue weighted by atomic mass is 16.5. The second-order valence-corrected chi connectivity index (χ2v) is 7.21. The Labute approximate surface area is 119 Å². The number of ether oxygens (including phenoxy) is 1. The van der Waals surface area contributed by atoms with Crippen molar-refractivity contribution in [1.82, 2.24) is 5.32 Å². The summed E-state index contributed by atoms with van der Waals surface area (Å²) in [4.78, 5) is 0. The van der Waals surface area contributed by atoms with Crippen molar-refractivity contribution in [3.63, 3.8) is 0 Å². The lowest BCUT2D eigenvalue weighted by molar-refractivity contribution is -0.0453. The first-order chi connectivity index (χ1) is 9.06. The molecule has 2 nitrogen and oxygen atoms in total. The summed E-state index contributed by atoms with van der Waals surface area (Å²) in [5.74, 6) is 3.03. The predicted octanol–water partition coefficient (Wildman–Crippen LogP) is 4.00. The number of fused-ring (bicyclic) bond motifs is 2. The zero-order valence-electron chi connectivity index (χ0n) is 13.4. The van der Waals surface area contributed by atoms with E-state index in [4.69, 9.17) is 4.74 Å². The van der Waals surface area contributed by atoms with Crippen LogP contribution in [-0.2, 0) is 4.74 Å². The molecule has 112 valence electrons. The van der Waals surface area contributed by atoms with Crippen LogP contribution in [0.3, 0.4) is 0 Å². The third-order valence-electron chi connectivity index (χ3n) is 5.42. The minimum atomic E-state index is -0.0360. The number of nitrogens with one attached hydrogen (secondary N) is 1. The largest absolute Gasteiger partial charge is 0.374 e. The van der Waals surface area contributed by atoms with Gasteiger partial charge in [-0.05, 0) is 77.2 Å². The van der Waals surface area contributed by atoms with Gasteiger partial charge < -0.3 is 10.1 Å². The summed E-state index contributed by atoms with van der Waals surface area (Å²) in [6.07, 6.45) is 8.51. The molecule has 0 aromatic rings. The summed E-state index contributed by atoms with van der Waals surface area (Å²) >= 11 is 0. The molecule has 4 atom stereocenters. The minimum Gasteiger partial charge on any atom is -0.374 e. The Bertz CT molecular complexity index is 276. The summed E-state index contributed by atoms with van der Waals surface area (Å²) in [6, 6.07) is 0.511. The Balaban J connectivity index is 1.93. The number of rotatable bonds is 8. The molecule has 0 spiro atoms. The molecule has 19 heavy (non-hydrogen) atoms. The van der Waals surface area contributed by atoms with E-state index in [1.807, 2.05) is 0 Å². The van der Waals surface area contributed by atoms with Gasteiger partial charge >= 0.3 is 0 Å². The van der Waals surface area contributed by atoms with Crippen LogP contribution < -0.4 is 5.32 Å². The third kappa shape index (κ3) is 3.72. The van der Waals surface area contributed by atoms with Crippen LogP contribution in [0.15, 0.2) is 0 Å². The number of hydrogen-bond donors (Lipinski definition) is 1. The molecule has 0 aromatic carbocycles. The van der Waals surface area contributed by atoms with Crippen molar-refractivity contribution in [2.75, 3.05) is 13.2 Å². The van der Waals surface area contributed by atoms with Gasteiger partial charge in [-0.25, -0.2) is 0 Å². The lowest BCUT2D eigenvalue weighted by Crippen LogP contribution is -2.50. The maximum Gasteiger partial charge on any atom is 0.0778 e. The number of hydrogen-bond acceptors (Lipinski definition) is 2. The van der Waals surface area contributed by atoms with Gasteiger partial charge in [0.25, 0.3) is 0 Å². The van der Waals surface area contributed by atoms with Crippen LogP contribution in [0.4, 0.5) is 0 Å². The molecule has 2 heteroatoms. The van der Waals surface area contributed by atoms with E-state index in [2.05, 4.69) is 33.0 Å².